The summed E-state index contributed by atoms with van der Waals surface area (Å²) in [6.07, 6.45) is 0.745. The highest BCUT2D eigenvalue weighted by atomic mass is 16.4. The molecular formula is C12H18N2O2. The lowest BCUT2D eigenvalue weighted by molar-refractivity contribution is 0.110. The molecule has 1 aromatic rings. The van der Waals surface area contributed by atoms with Crippen molar-refractivity contribution in [2.75, 3.05) is 31.1 Å². The van der Waals surface area contributed by atoms with Crippen LogP contribution in [0.1, 0.15) is 24.4 Å². The topological polar surface area (TPSA) is 36.7 Å². The number of likely N-dealkylation sites (N-methyl/N-ethyl adjacent to an activating group) is 1. The molecule has 4 nitrogen and oxygen atoms in total. The zero-order valence-electron chi connectivity index (χ0n) is 9.85. The second-order valence-electron chi connectivity index (χ2n) is 4.22. The molecule has 1 aliphatic rings. The lowest BCUT2D eigenvalue weighted by atomic mass is 10.2. The molecule has 1 atom stereocenters. The first-order valence-electron chi connectivity index (χ1n) is 5.78. The van der Waals surface area contributed by atoms with Gasteiger partial charge in [-0.1, -0.05) is 6.92 Å². The first-order valence-corrected chi connectivity index (χ1v) is 5.78. The van der Waals surface area contributed by atoms with E-state index in [1.54, 1.807) is 6.07 Å². The Balaban J connectivity index is 2.04. The third kappa shape index (κ3) is 2.11. The van der Waals surface area contributed by atoms with Crippen molar-refractivity contribution in [2.24, 2.45) is 0 Å². The summed E-state index contributed by atoms with van der Waals surface area (Å²) in [6.45, 7) is 8.47. The van der Waals surface area contributed by atoms with Gasteiger partial charge >= 0.3 is 0 Å². The van der Waals surface area contributed by atoms with E-state index in [1.807, 2.05) is 6.07 Å². The number of anilines is 1. The van der Waals surface area contributed by atoms with E-state index in [0.717, 1.165) is 38.3 Å². The Morgan fingerprint density at radius 2 is 2.31 bits per heavy atom. The fraction of sp³-hybridized carbons (Fsp3) is 0.583. The minimum Gasteiger partial charge on any atom is -0.438 e. The van der Waals surface area contributed by atoms with Crippen LogP contribution in [0.15, 0.2) is 16.5 Å². The molecule has 16 heavy (non-hydrogen) atoms. The third-order valence-electron chi connectivity index (χ3n) is 3.21. The lowest BCUT2D eigenvalue weighted by Crippen LogP contribution is -2.51. The maximum Gasteiger partial charge on any atom is 0.196 e. The number of aldehydes is 1. The molecule has 0 saturated carbocycles. The maximum atomic E-state index is 10.5. The number of carbonyl (C=O) groups is 1. The van der Waals surface area contributed by atoms with Gasteiger partial charge in [-0.15, -0.1) is 0 Å². The van der Waals surface area contributed by atoms with Gasteiger partial charge in [-0.2, -0.15) is 0 Å². The van der Waals surface area contributed by atoms with Crippen LogP contribution in [0.2, 0.25) is 0 Å². The number of rotatable bonds is 3. The number of carbonyl (C=O) groups excluding carboxylic acids is 1. The molecule has 0 aliphatic carbocycles. The Kier molecular flexibility index (Phi) is 3.29. The average molecular weight is 222 g/mol. The minimum absolute atomic E-state index is 0.403. The number of hydrogen-bond donors (Lipinski definition) is 0. The fourth-order valence-electron chi connectivity index (χ4n) is 2.24. The third-order valence-corrected chi connectivity index (χ3v) is 3.21. The second-order valence-corrected chi connectivity index (χ2v) is 4.22. The van der Waals surface area contributed by atoms with Crippen LogP contribution in [0.25, 0.3) is 0 Å². The van der Waals surface area contributed by atoms with Gasteiger partial charge in [-0.05, 0) is 19.5 Å². The Morgan fingerprint density at radius 3 is 2.88 bits per heavy atom. The summed E-state index contributed by atoms with van der Waals surface area (Å²) in [5.41, 5.74) is 0. The summed E-state index contributed by atoms with van der Waals surface area (Å²) in [7, 11) is 0. The number of hydrogen-bond acceptors (Lipinski definition) is 4. The molecule has 1 aromatic heterocycles. The van der Waals surface area contributed by atoms with Crippen molar-refractivity contribution in [3.05, 3.63) is 17.9 Å². The van der Waals surface area contributed by atoms with Crippen molar-refractivity contribution in [1.82, 2.24) is 4.90 Å². The van der Waals surface area contributed by atoms with E-state index < -0.39 is 0 Å². The van der Waals surface area contributed by atoms with Crippen molar-refractivity contribution < 1.29 is 9.21 Å². The summed E-state index contributed by atoms with van der Waals surface area (Å²) in [5.74, 6) is 1.21. The van der Waals surface area contributed by atoms with Gasteiger partial charge in [0, 0.05) is 31.7 Å². The van der Waals surface area contributed by atoms with Crippen LogP contribution in [0.3, 0.4) is 0 Å². The molecule has 1 saturated heterocycles. The quantitative estimate of drug-likeness (QED) is 0.728. The van der Waals surface area contributed by atoms with Crippen LogP contribution in [0.5, 0.6) is 0 Å². The van der Waals surface area contributed by atoms with E-state index >= 15 is 0 Å². The van der Waals surface area contributed by atoms with Gasteiger partial charge in [0.15, 0.2) is 17.9 Å². The highest BCUT2D eigenvalue weighted by Crippen LogP contribution is 2.21. The normalized spacial score (nSPS) is 22.4. The Morgan fingerprint density at radius 1 is 1.50 bits per heavy atom. The molecule has 0 radical (unpaired) electrons. The number of nitrogens with zero attached hydrogens (tertiary/aromatic N) is 2. The standard InChI is InChI=1S/C12H18N2O2/c1-3-13-6-7-14(8-10(13)2)12-5-4-11(9-15)16-12/h4-5,9-10H,3,6-8H2,1-2H3. The van der Waals surface area contributed by atoms with E-state index in [4.69, 9.17) is 4.42 Å². The van der Waals surface area contributed by atoms with Crippen molar-refractivity contribution in [1.29, 1.82) is 0 Å². The van der Waals surface area contributed by atoms with Crippen molar-refractivity contribution in [3.63, 3.8) is 0 Å². The van der Waals surface area contributed by atoms with Gasteiger partial charge in [0.05, 0.1) is 0 Å². The van der Waals surface area contributed by atoms with Gasteiger partial charge in [-0.3, -0.25) is 9.69 Å². The molecule has 2 rings (SSSR count). The van der Waals surface area contributed by atoms with E-state index in [2.05, 4.69) is 23.6 Å². The molecule has 0 N–H and O–H groups in total. The fourth-order valence-corrected chi connectivity index (χ4v) is 2.24. The highest BCUT2D eigenvalue weighted by Gasteiger charge is 2.23. The number of furan rings is 1. The Hall–Kier alpha value is -1.29. The second kappa shape index (κ2) is 4.70. The van der Waals surface area contributed by atoms with Gasteiger partial charge < -0.3 is 9.32 Å². The summed E-state index contributed by atoms with van der Waals surface area (Å²) in [5, 5.41) is 0. The number of piperazine rings is 1. The summed E-state index contributed by atoms with van der Waals surface area (Å²) in [6, 6.07) is 4.13. The Labute approximate surface area is 95.8 Å². The first-order chi connectivity index (χ1) is 7.74. The van der Waals surface area contributed by atoms with Gasteiger partial charge in [0.1, 0.15) is 0 Å². The van der Waals surface area contributed by atoms with Crippen LogP contribution in [0, 0.1) is 0 Å². The minimum atomic E-state index is 0.403. The van der Waals surface area contributed by atoms with E-state index in [-0.39, 0.29) is 0 Å². The summed E-state index contributed by atoms with van der Waals surface area (Å²) in [4.78, 5) is 15.2. The summed E-state index contributed by atoms with van der Waals surface area (Å²) >= 11 is 0. The van der Waals surface area contributed by atoms with Crippen LogP contribution < -0.4 is 4.90 Å². The van der Waals surface area contributed by atoms with E-state index in [0.29, 0.717) is 11.8 Å². The Bertz CT molecular complexity index is 362. The highest BCUT2D eigenvalue weighted by molar-refractivity contribution is 5.71. The molecule has 1 aliphatic heterocycles. The molecule has 0 spiro atoms. The van der Waals surface area contributed by atoms with Crippen LogP contribution in [0.4, 0.5) is 5.88 Å². The first kappa shape index (κ1) is 11.2. The molecule has 1 fully saturated rings. The predicted octanol–water partition coefficient (Wildman–Crippen LogP) is 1.62. The van der Waals surface area contributed by atoms with Gasteiger partial charge in [0.25, 0.3) is 0 Å². The molecule has 0 aromatic carbocycles. The predicted molar refractivity (Wildman–Crippen MR) is 63.0 cm³/mol. The monoisotopic (exact) mass is 222 g/mol. The molecule has 0 bridgehead atoms. The average Bonchev–Trinajstić information content (AvgIpc) is 2.77. The van der Waals surface area contributed by atoms with Crippen molar-refractivity contribution in [2.45, 2.75) is 19.9 Å². The van der Waals surface area contributed by atoms with Crippen LogP contribution in [-0.4, -0.2) is 43.4 Å². The maximum absolute atomic E-state index is 10.5. The van der Waals surface area contributed by atoms with Gasteiger partial charge in [-0.25, -0.2) is 0 Å². The molecule has 1 unspecified atom stereocenters. The van der Waals surface area contributed by atoms with E-state index in [9.17, 15) is 4.79 Å². The van der Waals surface area contributed by atoms with Crippen LogP contribution >= 0.6 is 0 Å². The zero-order chi connectivity index (χ0) is 11.5. The van der Waals surface area contributed by atoms with Crippen LogP contribution in [-0.2, 0) is 0 Å². The van der Waals surface area contributed by atoms with E-state index in [1.165, 1.54) is 0 Å². The SMILES string of the molecule is CCN1CCN(c2ccc(C=O)o2)CC1C. The smallest absolute Gasteiger partial charge is 0.196 e. The molecule has 4 heteroatoms. The molecular weight excluding hydrogens is 204 g/mol. The lowest BCUT2D eigenvalue weighted by Gasteiger charge is -2.39. The molecule has 0 amide bonds. The van der Waals surface area contributed by atoms with Gasteiger partial charge in [0.2, 0.25) is 0 Å². The zero-order valence-corrected chi connectivity index (χ0v) is 9.85. The molecule has 88 valence electrons. The van der Waals surface area contributed by atoms with Crippen molar-refractivity contribution >= 4 is 12.2 Å². The molecule has 2 heterocycles. The largest absolute Gasteiger partial charge is 0.438 e. The summed E-state index contributed by atoms with van der Waals surface area (Å²) < 4.78 is 5.43. The van der Waals surface area contributed by atoms with Crippen molar-refractivity contribution in [3.8, 4) is 0 Å².